The number of thioether (sulfide) groups is 1. The zero-order valence-corrected chi connectivity index (χ0v) is 13.4. The number of nitrogens with one attached hydrogen (secondary N) is 2. The molecular weight excluding hydrogens is 329 g/mol. The Morgan fingerprint density at radius 2 is 2.13 bits per heavy atom. The fourth-order valence-electron chi connectivity index (χ4n) is 2.44. The summed E-state index contributed by atoms with van der Waals surface area (Å²) in [5.74, 6) is 1.37. The van der Waals surface area contributed by atoms with E-state index in [0.29, 0.717) is 12.2 Å². The van der Waals surface area contributed by atoms with Crippen LogP contribution in [-0.4, -0.2) is 34.8 Å². The number of halogens is 3. The third-order valence-corrected chi connectivity index (χ3v) is 4.98. The summed E-state index contributed by atoms with van der Waals surface area (Å²) in [5, 5.41) is 15.1. The van der Waals surface area contributed by atoms with Crippen LogP contribution >= 0.6 is 11.8 Å². The normalized spacial score (nSPS) is 22.7. The fourth-order valence-corrected chi connectivity index (χ4v) is 3.73. The van der Waals surface area contributed by atoms with Gasteiger partial charge in [0.05, 0.1) is 17.2 Å². The highest BCUT2D eigenvalue weighted by Crippen LogP contribution is 2.34. The molecule has 1 aromatic rings. The van der Waals surface area contributed by atoms with Crippen molar-refractivity contribution >= 4 is 17.8 Å². The topological polar surface area (TPSA) is 61.4 Å². The van der Waals surface area contributed by atoms with Gasteiger partial charge in [-0.3, -0.25) is 0 Å². The van der Waals surface area contributed by atoms with Crippen molar-refractivity contribution in [2.24, 2.45) is 0 Å². The minimum absolute atomic E-state index is 0.00489. The first-order chi connectivity index (χ1) is 10.7. The standard InChI is InChI=1S/C15H19F3N2O2S/c1-10(11-4-2-3-5-12(11)15(16,17)18)20-13(21)19-8-14(22)6-7-23-9-14/h2-5,10,22H,6-9H2,1H3,(H2,19,20,21)/t10-,14+/m0/s1. The Morgan fingerprint density at radius 1 is 1.43 bits per heavy atom. The van der Waals surface area contributed by atoms with Crippen LogP contribution in [0.2, 0.25) is 0 Å². The first-order valence-electron chi connectivity index (χ1n) is 7.22. The highest BCUT2D eigenvalue weighted by atomic mass is 32.2. The smallest absolute Gasteiger partial charge is 0.387 e. The van der Waals surface area contributed by atoms with Crippen LogP contribution in [0.15, 0.2) is 24.3 Å². The van der Waals surface area contributed by atoms with Crippen molar-refractivity contribution in [2.45, 2.75) is 31.2 Å². The fraction of sp³-hybridized carbons (Fsp3) is 0.533. The molecule has 2 amide bonds. The number of carbonyl (C=O) groups excluding carboxylic acids is 1. The van der Waals surface area contributed by atoms with Crippen LogP contribution in [0.25, 0.3) is 0 Å². The molecule has 1 saturated heterocycles. The highest BCUT2D eigenvalue weighted by Gasteiger charge is 2.35. The first kappa shape index (κ1) is 17.9. The number of rotatable bonds is 4. The molecule has 0 radical (unpaired) electrons. The van der Waals surface area contributed by atoms with Gasteiger partial charge in [0.1, 0.15) is 0 Å². The van der Waals surface area contributed by atoms with E-state index in [0.717, 1.165) is 11.8 Å². The van der Waals surface area contributed by atoms with Crippen LogP contribution in [0.5, 0.6) is 0 Å². The summed E-state index contributed by atoms with van der Waals surface area (Å²) in [6.45, 7) is 1.57. The predicted molar refractivity (Wildman–Crippen MR) is 83.3 cm³/mol. The average molecular weight is 348 g/mol. The van der Waals surface area contributed by atoms with Crippen molar-refractivity contribution in [3.8, 4) is 0 Å². The summed E-state index contributed by atoms with van der Waals surface area (Å²) < 4.78 is 39.0. The Bertz CT molecular complexity index is 560. The lowest BCUT2D eigenvalue weighted by atomic mass is 10.0. The summed E-state index contributed by atoms with van der Waals surface area (Å²) in [6, 6.07) is 3.74. The van der Waals surface area contributed by atoms with Crippen molar-refractivity contribution in [3.63, 3.8) is 0 Å². The Balaban J connectivity index is 1.96. The Labute approximate surface area is 136 Å². The van der Waals surface area contributed by atoms with E-state index < -0.39 is 29.4 Å². The maximum atomic E-state index is 13.0. The van der Waals surface area contributed by atoms with Crippen LogP contribution in [0.3, 0.4) is 0 Å². The van der Waals surface area contributed by atoms with Crippen LogP contribution < -0.4 is 10.6 Å². The van der Waals surface area contributed by atoms with E-state index in [1.165, 1.54) is 25.1 Å². The van der Waals surface area contributed by atoms with E-state index in [-0.39, 0.29) is 12.1 Å². The summed E-state index contributed by atoms with van der Waals surface area (Å²) in [6.07, 6.45) is -3.89. The molecule has 0 aromatic heterocycles. The number of alkyl halides is 3. The number of carbonyl (C=O) groups is 1. The molecule has 0 aliphatic carbocycles. The van der Waals surface area contributed by atoms with Crippen molar-refractivity contribution in [2.75, 3.05) is 18.1 Å². The monoisotopic (exact) mass is 348 g/mol. The lowest BCUT2D eigenvalue weighted by molar-refractivity contribution is -0.138. The van der Waals surface area contributed by atoms with E-state index in [4.69, 9.17) is 0 Å². The molecule has 0 bridgehead atoms. The Morgan fingerprint density at radius 3 is 2.74 bits per heavy atom. The maximum Gasteiger partial charge on any atom is 0.416 e. The number of amides is 2. The molecule has 0 unspecified atom stereocenters. The number of urea groups is 1. The van der Waals surface area contributed by atoms with Gasteiger partial charge in [-0.05, 0) is 30.7 Å². The average Bonchev–Trinajstić information content (AvgIpc) is 2.92. The molecule has 1 aromatic carbocycles. The molecule has 8 heteroatoms. The molecule has 1 aliphatic rings. The largest absolute Gasteiger partial charge is 0.416 e. The highest BCUT2D eigenvalue weighted by molar-refractivity contribution is 7.99. The van der Waals surface area contributed by atoms with Gasteiger partial charge in [0.25, 0.3) is 0 Å². The van der Waals surface area contributed by atoms with Crippen LogP contribution in [0.4, 0.5) is 18.0 Å². The minimum Gasteiger partial charge on any atom is -0.387 e. The van der Waals surface area contributed by atoms with Gasteiger partial charge in [-0.1, -0.05) is 18.2 Å². The number of aliphatic hydroxyl groups is 1. The van der Waals surface area contributed by atoms with Gasteiger partial charge >= 0.3 is 12.2 Å². The molecule has 128 valence electrons. The number of hydrogen-bond donors (Lipinski definition) is 3. The van der Waals surface area contributed by atoms with Crippen LogP contribution in [0, 0.1) is 0 Å². The lowest BCUT2D eigenvalue weighted by Crippen LogP contribution is -2.47. The van der Waals surface area contributed by atoms with Gasteiger partial charge in [0, 0.05) is 12.3 Å². The summed E-state index contributed by atoms with van der Waals surface area (Å²) in [5.41, 5.74) is -1.70. The molecule has 0 spiro atoms. The molecule has 4 nitrogen and oxygen atoms in total. The van der Waals surface area contributed by atoms with E-state index >= 15 is 0 Å². The molecule has 1 fully saturated rings. The summed E-state index contributed by atoms with van der Waals surface area (Å²) in [7, 11) is 0. The summed E-state index contributed by atoms with van der Waals surface area (Å²) in [4.78, 5) is 11.9. The Kier molecular flexibility index (Phi) is 5.46. The van der Waals surface area contributed by atoms with Gasteiger partial charge in [-0.15, -0.1) is 0 Å². The zero-order valence-electron chi connectivity index (χ0n) is 12.6. The maximum absolute atomic E-state index is 13.0. The second kappa shape index (κ2) is 7.00. The zero-order chi connectivity index (χ0) is 17.1. The number of benzene rings is 1. The lowest BCUT2D eigenvalue weighted by Gasteiger charge is -2.23. The molecule has 2 atom stereocenters. The van der Waals surface area contributed by atoms with Gasteiger partial charge < -0.3 is 15.7 Å². The van der Waals surface area contributed by atoms with E-state index in [1.54, 1.807) is 11.8 Å². The van der Waals surface area contributed by atoms with E-state index in [2.05, 4.69) is 10.6 Å². The van der Waals surface area contributed by atoms with Crippen LogP contribution in [-0.2, 0) is 6.18 Å². The first-order valence-corrected chi connectivity index (χ1v) is 8.37. The SMILES string of the molecule is C[C@H](NC(=O)NC[C@]1(O)CCSC1)c1ccccc1C(F)(F)F. The molecular formula is C15H19F3N2O2S. The predicted octanol–water partition coefficient (Wildman–Crippen LogP) is 2.93. The van der Waals surface area contributed by atoms with Gasteiger partial charge in [0.15, 0.2) is 0 Å². The van der Waals surface area contributed by atoms with Gasteiger partial charge in [0.2, 0.25) is 0 Å². The molecule has 2 rings (SSSR count). The summed E-state index contributed by atoms with van der Waals surface area (Å²) >= 11 is 1.60. The van der Waals surface area contributed by atoms with Crippen molar-refractivity contribution in [1.82, 2.24) is 10.6 Å². The second-order valence-corrected chi connectivity index (χ2v) is 6.77. The van der Waals surface area contributed by atoms with Crippen LogP contribution in [0.1, 0.15) is 30.5 Å². The van der Waals surface area contributed by atoms with Crippen molar-refractivity contribution < 1.29 is 23.1 Å². The molecule has 1 aliphatic heterocycles. The third kappa shape index (κ3) is 4.78. The number of hydrogen-bond acceptors (Lipinski definition) is 3. The van der Waals surface area contributed by atoms with Gasteiger partial charge in [-0.25, -0.2) is 4.79 Å². The Hall–Kier alpha value is -1.41. The van der Waals surface area contributed by atoms with Crippen molar-refractivity contribution in [3.05, 3.63) is 35.4 Å². The van der Waals surface area contributed by atoms with Crippen molar-refractivity contribution in [1.29, 1.82) is 0 Å². The van der Waals surface area contributed by atoms with E-state index in [9.17, 15) is 23.1 Å². The molecule has 1 heterocycles. The molecule has 23 heavy (non-hydrogen) atoms. The minimum atomic E-state index is -4.47. The van der Waals surface area contributed by atoms with E-state index in [1.807, 2.05) is 0 Å². The quantitative estimate of drug-likeness (QED) is 0.784. The van der Waals surface area contributed by atoms with Gasteiger partial charge in [-0.2, -0.15) is 24.9 Å². The molecule has 0 saturated carbocycles. The third-order valence-electron chi connectivity index (χ3n) is 3.74. The second-order valence-electron chi connectivity index (χ2n) is 5.66. The molecule has 3 N–H and O–H groups in total.